The summed E-state index contributed by atoms with van der Waals surface area (Å²) in [5.74, 6) is -0.845. The van der Waals surface area contributed by atoms with Gasteiger partial charge in [-0.2, -0.15) is 0 Å². The molecule has 0 fully saturated rings. The van der Waals surface area contributed by atoms with Gasteiger partial charge in [0.25, 0.3) is 0 Å². The fourth-order valence-corrected chi connectivity index (χ4v) is 3.93. The summed E-state index contributed by atoms with van der Waals surface area (Å²) in [4.78, 5) is 29.5. The van der Waals surface area contributed by atoms with Crippen LogP contribution in [-0.4, -0.2) is 16.7 Å². The van der Waals surface area contributed by atoms with Crippen molar-refractivity contribution in [2.45, 2.75) is 13.0 Å². The van der Waals surface area contributed by atoms with Gasteiger partial charge < -0.3 is 15.8 Å². The number of nitrogen functional groups attached to an aromatic ring is 1. The van der Waals surface area contributed by atoms with Crippen molar-refractivity contribution in [2.24, 2.45) is 0 Å². The summed E-state index contributed by atoms with van der Waals surface area (Å²) < 4.78 is 18.4. The number of carbonyl (C=O) groups is 2. The van der Waals surface area contributed by atoms with Crippen LogP contribution in [0, 0.1) is 5.82 Å². The maximum absolute atomic E-state index is 13.1. The number of thiazole rings is 1. The van der Waals surface area contributed by atoms with Crippen molar-refractivity contribution in [1.82, 2.24) is 4.98 Å². The van der Waals surface area contributed by atoms with Crippen molar-refractivity contribution in [3.05, 3.63) is 106 Å². The summed E-state index contributed by atoms with van der Waals surface area (Å²) in [5.41, 5.74) is 8.67. The highest BCUT2D eigenvalue weighted by Gasteiger charge is 2.18. The Morgan fingerprint density at radius 2 is 1.64 bits per heavy atom. The Kier molecular flexibility index (Phi) is 6.75. The van der Waals surface area contributed by atoms with Crippen LogP contribution in [0.3, 0.4) is 0 Å². The summed E-state index contributed by atoms with van der Waals surface area (Å²) >= 11 is 1.12. The number of nitrogens with two attached hydrogens (primary N) is 1. The molecule has 0 saturated heterocycles. The molecular formula is C25H20FN3O3S. The number of nitrogens with zero attached hydrogens (tertiary/aromatic N) is 1. The second kappa shape index (κ2) is 10.1. The SMILES string of the molecule is Nc1nc(Nc2ccc(F)cc2)sc1C(=O)c1ccc(CC(=O)OCc2ccccc2)cc1. The Morgan fingerprint density at radius 3 is 2.33 bits per heavy atom. The summed E-state index contributed by atoms with van der Waals surface area (Å²) in [6.07, 6.45) is 0.107. The predicted octanol–water partition coefficient (Wildman–Crippen LogP) is 5.12. The summed E-state index contributed by atoms with van der Waals surface area (Å²) in [6, 6.07) is 22.0. The molecule has 3 aromatic carbocycles. The minimum Gasteiger partial charge on any atom is -0.461 e. The largest absolute Gasteiger partial charge is 0.461 e. The Morgan fingerprint density at radius 1 is 0.939 bits per heavy atom. The molecule has 4 rings (SSSR count). The standard InChI is InChI=1S/C25H20FN3O3S/c26-19-10-12-20(13-11-19)28-25-29-24(27)23(33-25)22(31)18-8-6-16(7-9-18)14-21(30)32-15-17-4-2-1-3-5-17/h1-13H,14-15,27H2,(H,28,29). The van der Waals surface area contributed by atoms with Crippen LogP contribution in [0.4, 0.5) is 21.0 Å². The molecule has 33 heavy (non-hydrogen) atoms. The van der Waals surface area contributed by atoms with E-state index in [1.54, 1.807) is 36.4 Å². The van der Waals surface area contributed by atoms with Crippen molar-refractivity contribution in [3.8, 4) is 0 Å². The predicted molar refractivity (Wildman–Crippen MR) is 126 cm³/mol. The molecule has 3 N–H and O–H groups in total. The fraction of sp³-hybridized carbons (Fsp3) is 0.0800. The number of nitrogens with one attached hydrogen (secondary N) is 1. The zero-order chi connectivity index (χ0) is 23.2. The molecular weight excluding hydrogens is 441 g/mol. The number of ether oxygens (including phenoxy) is 1. The van der Waals surface area contributed by atoms with E-state index in [0.717, 1.165) is 22.5 Å². The third kappa shape index (κ3) is 5.81. The molecule has 0 aliphatic carbocycles. The highest BCUT2D eigenvalue weighted by atomic mass is 32.1. The number of halogens is 1. The van der Waals surface area contributed by atoms with Crippen LogP contribution >= 0.6 is 11.3 Å². The van der Waals surface area contributed by atoms with E-state index < -0.39 is 0 Å². The summed E-state index contributed by atoms with van der Waals surface area (Å²) in [7, 11) is 0. The van der Waals surface area contributed by atoms with Crippen molar-refractivity contribution < 1.29 is 18.7 Å². The first kappa shape index (κ1) is 22.2. The van der Waals surface area contributed by atoms with E-state index >= 15 is 0 Å². The molecule has 0 spiro atoms. The maximum atomic E-state index is 13.1. The van der Waals surface area contributed by atoms with Crippen molar-refractivity contribution in [2.75, 3.05) is 11.1 Å². The highest BCUT2D eigenvalue weighted by molar-refractivity contribution is 7.18. The Labute approximate surface area is 193 Å². The Balaban J connectivity index is 1.37. The van der Waals surface area contributed by atoms with Gasteiger partial charge in [0.1, 0.15) is 23.1 Å². The maximum Gasteiger partial charge on any atom is 0.310 e. The molecule has 0 saturated carbocycles. The lowest BCUT2D eigenvalue weighted by molar-refractivity contribution is -0.144. The monoisotopic (exact) mass is 461 g/mol. The van der Waals surface area contributed by atoms with E-state index in [0.29, 0.717) is 21.3 Å². The topological polar surface area (TPSA) is 94.3 Å². The van der Waals surface area contributed by atoms with Gasteiger partial charge in [0.2, 0.25) is 5.78 Å². The van der Waals surface area contributed by atoms with Crippen LogP contribution in [0.2, 0.25) is 0 Å². The molecule has 6 nitrogen and oxygen atoms in total. The van der Waals surface area contributed by atoms with E-state index in [2.05, 4.69) is 10.3 Å². The van der Waals surface area contributed by atoms with Gasteiger partial charge in [0.15, 0.2) is 5.13 Å². The van der Waals surface area contributed by atoms with Crippen LogP contribution in [0.15, 0.2) is 78.9 Å². The zero-order valence-electron chi connectivity index (χ0n) is 17.5. The lowest BCUT2D eigenvalue weighted by Crippen LogP contribution is -2.08. The third-order valence-electron chi connectivity index (χ3n) is 4.76. The van der Waals surface area contributed by atoms with Gasteiger partial charge >= 0.3 is 5.97 Å². The van der Waals surface area contributed by atoms with Crippen molar-refractivity contribution in [1.29, 1.82) is 0 Å². The smallest absolute Gasteiger partial charge is 0.310 e. The quantitative estimate of drug-likeness (QED) is 0.279. The molecule has 0 amide bonds. The first-order chi connectivity index (χ1) is 16.0. The van der Waals surface area contributed by atoms with Crippen molar-refractivity contribution >= 4 is 39.7 Å². The number of benzene rings is 3. The fourth-order valence-electron chi connectivity index (χ4n) is 3.07. The molecule has 1 aromatic heterocycles. The van der Waals surface area contributed by atoms with Gasteiger partial charge in [-0.1, -0.05) is 65.9 Å². The molecule has 0 atom stereocenters. The highest BCUT2D eigenvalue weighted by Crippen LogP contribution is 2.29. The number of esters is 1. The second-order valence-corrected chi connectivity index (χ2v) is 8.21. The van der Waals surface area contributed by atoms with Crippen LogP contribution in [0.1, 0.15) is 26.4 Å². The minimum atomic E-state index is -0.346. The first-order valence-corrected chi connectivity index (χ1v) is 10.9. The van der Waals surface area contributed by atoms with Gasteiger partial charge in [-0.3, -0.25) is 9.59 Å². The van der Waals surface area contributed by atoms with Crippen LogP contribution in [0.25, 0.3) is 0 Å². The number of hydrogen-bond donors (Lipinski definition) is 2. The molecule has 0 radical (unpaired) electrons. The van der Waals surface area contributed by atoms with Gasteiger partial charge in [-0.05, 0) is 35.4 Å². The average molecular weight is 462 g/mol. The number of ketones is 1. The Hall–Kier alpha value is -4.04. The van der Waals surface area contributed by atoms with Gasteiger partial charge in [-0.25, -0.2) is 9.37 Å². The van der Waals surface area contributed by atoms with Crippen LogP contribution < -0.4 is 11.1 Å². The Bertz CT molecular complexity index is 1260. The number of rotatable bonds is 8. The van der Waals surface area contributed by atoms with Gasteiger partial charge in [0.05, 0.1) is 6.42 Å². The number of carbonyl (C=O) groups excluding carboxylic acids is 2. The molecule has 1 heterocycles. The van der Waals surface area contributed by atoms with E-state index in [9.17, 15) is 14.0 Å². The third-order valence-corrected chi connectivity index (χ3v) is 5.75. The normalized spacial score (nSPS) is 10.6. The molecule has 166 valence electrons. The van der Waals surface area contributed by atoms with E-state index in [-0.39, 0.29) is 36.4 Å². The zero-order valence-corrected chi connectivity index (χ0v) is 18.3. The number of hydrogen-bond acceptors (Lipinski definition) is 7. The van der Waals surface area contributed by atoms with Crippen molar-refractivity contribution in [3.63, 3.8) is 0 Å². The first-order valence-electron chi connectivity index (χ1n) is 10.1. The van der Waals surface area contributed by atoms with E-state index in [1.165, 1.54) is 12.1 Å². The van der Waals surface area contributed by atoms with E-state index in [4.69, 9.17) is 10.5 Å². The van der Waals surface area contributed by atoms with Gasteiger partial charge in [0, 0.05) is 11.3 Å². The minimum absolute atomic E-state index is 0.107. The summed E-state index contributed by atoms with van der Waals surface area (Å²) in [6.45, 7) is 0.217. The van der Waals surface area contributed by atoms with Gasteiger partial charge in [-0.15, -0.1) is 0 Å². The lowest BCUT2D eigenvalue weighted by Gasteiger charge is -2.06. The van der Waals surface area contributed by atoms with Crippen LogP contribution in [0.5, 0.6) is 0 Å². The van der Waals surface area contributed by atoms with Crippen LogP contribution in [-0.2, 0) is 22.6 Å². The lowest BCUT2D eigenvalue weighted by atomic mass is 10.1. The molecule has 4 aromatic rings. The summed E-state index contributed by atoms with van der Waals surface area (Å²) in [5, 5.41) is 3.44. The molecule has 0 aliphatic heterocycles. The molecule has 8 heteroatoms. The second-order valence-electron chi connectivity index (χ2n) is 7.21. The average Bonchev–Trinajstić information content (AvgIpc) is 3.20. The molecule has 0 unspecified atom stereocenters. The number of anilines is 3. The molecule has 0 aliphatic rings. The number of aromatic nitrogens is 1. The van der Waals surface area contributed by atoms with E-state index in [1.807, 2.05) is 30.3 Å². The molecule has 0 bridgehead atoms.